The number of amides is 1. The van der Waals surface area contributed by atoms with E-state index in [2.05, 4.69) is 15.1 Å². The van der Waals surface area contributed by atoms with E-state index in [9.17, 15) is 4.79 Å². The topological polar surface area (TPSA) is 82.4 Å². The van der Waals surface area contributed by atoms with Crippen LogP contribution in [0.4, 0.5) is 0 Å². The summed E-state index contributed by atoms with van der Waals surface area (Å²) in [6, 6.07) is 17.1. The maximum Gasteiger partial charge on any atom is 0.254 e. The van der Waals surface area contributed by atoms with E-state index in [0.29, 0.717) is 42.6 Å². The molecule has 1 saturated heterocycles. The van der Waals surface area contributed by atoms with Crippen LogP contribution >= 0.6 is 0 Å². The SMILES string of the molecule is COc1ccccc1Oc1nccnc1[C@@H]1CCCN(C(=O)c2ccccc2Cn2cccn2)C1. The fourth-order valence-corrected chi connectivity index (χ4v) is 4.49. The summed E-state index contributed by atoms with van der Waals surface area (Å²) in [6.07, 6.45) is 8.71. The summed E-state index contributed by atoms with van der Waals surface area (Å²) in [4.78, 5) is 24.6. The van der Waals surface area contributed by atoms with Crippen LogP contribution in [0.25, 0.3) is 0 Å². The number of carbonyl (C=O) groups excluding carboxylic acids is 1. The second kappa shape index (κ2) is 10.4. The normalized spacial score (nSPS) is 15.6. The Hall–Kier alpha value is -4.20. The molecule has 178 valence electrons. The lowest BCUT2D eigenvalue weighted by atomic mass is 9.93. The van der Waals surface area contributed by atoms with Crippen molar-refractivity contribution < 1.29 is 14.3 Å². The van der Waals surface area contributed by atoms with E-state index in [1.807, 2.05) is 70.4 Å². The number of piperidine rings is 1. The average Bonchev–Trinajstić information content (AvgIpc) is 3.42. The van der Waals surface area contributed by atoms with E-state index in [4.69, 9.17) is 9.47 Å². The van der Waals surface area contributed by atoms with Crippen molar-refractivity contribution >= 4 is 5.91 Å². The first-order chi connectivity index (χ1) is 17.2. The van der Waals surface area contributed by atoms with Crippen LogP contribution in [0.2, 0.25) is 0 Å². The number of para-hydroxylation sites is 2. The molecule has 1 fully saturated rings. The second-order valence-corrected chi connectivity index (χ2v) is 8.45. The van der Waals surface area contributed by atoms with E-state index in [-0.39, 0.29) is 11.8 Å². The number of likely N-dealkylation sites (tertiary alicyclic amines) is 1. The predicted molar refractivity (Wildman–Crippen MR) is 131 cm³/mol. The van der Waals surface area contributed by atoms with Gasteiger partial charge in [0.05, 0.1) is 13.7 Å². The van der Waals surface area contributed by atoms with Crippen molar-refractivity contribution in [2.45, 2.75) is 25.3 Å². The third kappa shape index (κ3) is 5.01. The van der Waals surface area contributed by atoms with Gasteiger partial charge in [-0.15, -0.1) is 0 Å². The highest BCUT2D eigenvalue weighted by Crippen LogP contribution is 2.36. The molecule has 35 heavy (non-hydrogen) atoms. The van der Waals surface area contributed by atoms with Gasteiger partial charge in [-0.1, -0.05) is 30.3 Å². The standard InChI is InChI=1S/C27H27N5O3/c1-34-23-11-4-5-12-24(23)35-26-25(28-14-15-29-26)21-9-6-16-31(18-21)27(33)22-10-3-2-8-20(22)19-32-17-7-13-30-32/h2-5,7-8,10-15,17,21H,6,9,16,18-19H2,1H3/t21-/m1/s1. The van der Waals surface area contributed by atoms with Crippen LogP contribution in [0.5, 0.6) is 17.4 Å². The molecule has 1 atom stereocenters. The molecule has 4 aromatic rings. The average molecular weight is 470 g/mol. The summed E-state index contributed by atoms with van der Waals surface area (Å²) in [7, 11) is 1.61. The van der Waals surface area contributed by atoms with Gasteiger partial charge in [0.15, 0.2) is 11.5 Å². The molecule has 0 unspecified atom stereocenters. The molecular weight excluding hydrogens is 442 g/mol. The fraction of sp³-hybridized carbons (Fsp3) is 0.259. The Bertz CT molecular complexity index is 1290. The summed E-state index contributed by atoms with van der Waals surface area (Å²) in [6.45, 7) is 1.80. The quantitative estimate of drug-likeness (QED) is 0.395. The minimum atomic E-state index is 0.0179. The first kappa shape index (κ1) is 22.6. The highest BCUT2D eigenvalue weighted by molar-refractivity contribution is 5.95. The summed E-state index contributed by atoms with van der Waals surface area (Å²) in [5.74, 6) is 1.68. The monoisotopic (exact) mass is 469 g/mol. The summed E-state index contributed by atoms with van der Waals surface area (Å²) < 4.78 is 13.4. The molecule has 5 rings (SSSR count). The summed E-state index contributed by atoms with van der Waals surface area (Å²) in [5, 5.41) is 4.29. The van der Waals surface area contributed by atoms with Crippen LogP contribution in [-0.4, -0.2) is 50.8 Å². The van der Waals surface area contributed by atoms with Crippen LogP contribution in [-0.2, 0) is 6.54 Å². The molecule has 2 aromatic heterocycles. The van der Waals surface area contributed by atoms with E-state index in [0.717, 1.165) is 24.1 Å². The second-order valence-electron chi connectivity index (χ2n) is 8.45. The molecule has 1 aliphatic heterocycles. The number of rotatable bonds is 7. The van der Waals surface area contributed by atoms with E-state index >= 15 is 0 Å². The van der Waals surface area contributed by atoms with Crippen molar-refractivity contribution in [3.8, 4) is 17.4 Å². The molecule has 8 nitrogen and oxygen atoms in total. The molecule has 1 amide bonds. The van der Waals surface area contributed by atoms with Gasteiger partial charge in [0.1, 0.15) is 5.69 Å². The largest absolute Gasteiger partial charge is 0.493 e. The van der Waals surface area contributed by atoms with Crippen LogP contribution in [0.1, 0.15) is 40.4 Å². The van der Waals surface area contributed by atoms with Crippen molar-refractivity contribution in [3.63, 3.8) is 0 Å². The fourth-order valence-electron chi connectivity index (χ4n) is 4.49. The molecule has 0 aliphatic carbocycles. The van der Waals surface area contributed by atoms with Crippen molar-refractivity contribution in [1.82, 2.24) is 24.6 Å². The van der Waals surface area contributed by atoms with Gasteiger partial charge in [0.2, 0.25) is 5.88 Å². The van der Waals surface area contributed by atoms with E-state index < -0.39 is 0 Å². The molecule has 1 aliphatic rings. The van der Waals surface area contributed by atoms with Crippen LogP contribution < -0.4 is 9.47 Å². The lowest BCUT2D eigenvalue weighted by Gasteiger charge is -2.33. The maximum atomic E-state index is 13.6. The van der Waals surface area contributed by atoms with Gasteiger partial charge in [0, 0.05) is 49.4 Å². The van der Waals surface area contributed by atoms with Crippen LogP contribution in [0.15, 0.2) is 79.4 Å². The van der Waals surface area contributed by atoms with Gasteiger partial charge in [0.25, 0.3) is 5.91 Å². The molecule has 3 heterocycles. The zero-order valence-corrected chi connectivity index (χ0v) is 19.6. The lowest BCUT2D eigenvalue weighted by molar-refractivity contribution is 0.0703. The molecule has 0 radical (unpaired) electrons. The van der Waals surface area contributed by atoms with Crippen molar-refractivity contribution in [2.75, 3.05) is 20.2 Å². The van der Waals surface area contributed by atoms with Gasteiger partial charge >= 0.3 is 0 Å². The third-order valence-electron chi connectivity index (χ3n) is 6.20. The van der Waals surface area contributed by atoms with Gasteiger partial charge in [-0.3, -0.25) is 14.5 Å². The highest BCUT2D eigenvalue weighted by Gasteiger charge is 2.30. The zero-order valence-electron chi connectivity index (χ0n) is 19.6. The molecule has 0 saturated carbocycles. The van der Waals surface area contributed by atoms with Gasteiger partial charge in [-0.25, -0.2) is 4.98 Å². The van der Waals surface area contributed by atoms with Crippen LogP contribution in [0, 0.1) is 0 Å². The smallest absolute Gasteiger partial charge is 0.254 e. The lowest BCUT2D eigenvalue weighted by Crippen LogP contribution is -2.39. The predicted octanol–water partition coefficient (Wildman–Crippen LogP) is 4.54. The Labute approximate surface area is 204 Å². The number of hydrogen-bond acceptors (Lipinski definition) is 6. The van der Waals surface area contributed by atoms with Gasteiger partial charge < -0.3 is 14.4 Å². The van der Waals surface area contributed by atoms with Gasteiger partial charge in [-0.2, -0.15) is 5.10 Å². The van der Waals surface area contributed by atoms with Crippen LogP contribution in [0.3, 0.4) is 0 Å². The Morgan fingerprint density at radius 3 is 2.63 bits per heavy atom. The van der Waals surface area contributed by atoms with Crippen molar-refractivity contribution in [3.05, 3.63) is 96.2 Å². The summed E-state index contributed by atoms with van der Waals surface area (Å²) >= 11 is 0. The zero-order chi connectivity index (χ0) is 24.0. The Balaban J connectivity index is 1.37. The first-order valence-electron chi connectivity index (χ1n) is 11.7. The van der Waals surface area contributed by atoms with E-state index in [1.54, 1.807) is 25.7 Å². The van der Waals surface area contributed by atoms with Crippen molar-refractivity contribution in [2.24, 2.45) is 0 Å². The third-order valence-corrected chi connectivity index (χ3v) is 6.20. The Kier molecular flexibility index (Phi) is 6.70. The number of carbonyl (C=O) groups is 1. The number of benzene rings is 2. The minimum absolute atomic E-state index is 0.0179. The van der Waals surface area contributed by atoms with E-state index in [1.165, 1.54) is 0 Å². The Morgan fingerprint density at radius 2 is 1.80 bits per heavy atom. The first-order valence-corrected chi connectivity index (χ1v) is 11.7. The maximum absolute atomic E-state index is 13.6. The molecule has 0 spiro atoms. The molecular formula is C27H27N5O3. The summed E-state index contributed by atoms with van der Waals surface area (Å²) in [5.41, 5.74) is 2.40. The minimum Gasteiger partial charge on any atom is -0.493 e. The molecule has 2 aromatic carbocycles. The molecule has 8 heteroatoms. The number of aromatic nitrogens is 4. The molecule has 0 bridgehead atoms. The highest BCUT2D eigenvalue weighted by atomic mass is 16.5. The van der Waals surface area contributed by atoms with Gasteiger partial charge in [-0.05, 0) is 42.7 Å². The number of ether oxygens (including phenoxy) is 2. The Morgan fingerprint density at radius 1 is 1.00 bits per heavy atom. The number of hydrogen-bond donors (Lipinski definition) is 0. The van der Waals surface area contributed by atoms with Crippen molar-refractivity contribution in [1.29, 1.82) is 0 Å². The number of methoxy groups -OCH3 is 1. The molecule has 0 N–H and O–H groups in total. The number of nitrogens with zero attached hydrogens (tertiary/aromatic N) is 5.